The Hall–Kier alpha value is -1.49. The van der Waals surface area contributed by atoms with Crippen LogP contribution >= 0.6 is 11.3 Å². The first kappa shape index (κ1) is 11.3. The average Bonchev–Trinajstić information content (AvgIpc) is 3.06. The quantitative estimate of drug-likeness (QED) is 0.843. The molecule has 1 aliphatic carbocycles. The average molecular weight is 272 g/mol. The minimum atomic E-state index is 0.572. The molecule has 0 bridgehead atoms. The zero-order valence-corrected chi connectivity index (χ0v) is 11.8. The Bertz CT molecular complexity index is 608. The maximum absolute atomic E-state index is 4.82. The van der Waals surface area contributed by atoms with E-state index in [-0.39, 0.29) is 0 Å². The highest BCUT2D eigenvalue weighted by Gasteiger charge is 2.29. The van der Waals surface area contributed by atoms with Crippen LogP contribution in [-0.2, 0) is 12.8 Å². The minimum absolute atomic E-state index is 0.572. The monoisotopic (exact) mass is 272 g/mol. The van der Waals surface area contributed by atoms with Crippen LogP contribution in [0.25, 0.3) is 11.4 Å². The summed E-state index contributed by atoms with van der Waals surface area (Å²) >= 11 is 1.63. The van der Waals surface area contributed by atoms with E-state index in [2.05, 4.69) is 22.2 Å². The highest BCUT2D eigenvalue weighted by atomic mass is 32.1. The number of fused-ring (bicyclic) bond motifs is 1. The molecule has 19 heavy (non-hydrogen) atoms. The van der Waals surface area contributed by atoms with E-state index in [4.69, 9.17) is 9.97 Å². The first-order valence-electron chi connectivity index (χ1n) is 6.88. The second kappa shape index (κ2) is 4.27. The topological polar surface area (TPSA) is 41.9 Å². The van der Waals surface area contributed by atoms with Gasteiger partial charge in [-0.05, 0) is 32.6 Å². The van der Waals surface area contributed by atoms with Gasteiger partial charge in [0.1, 0.15) is 0 Å². The fourth-order valence-electron chi connectivity index (χ4n) is 2.90. The van der Waals surface area contributed by atoms with Crippen molar-refractivity contribution in [3.63, 3.8) is 0 Å². The lowest BCUT2D eigenvalue weighted by molar-refractivity contribution is 0.470. The Kier molecular flexibility index (Phi) is 2.55. The summed E-state index contributed by atoms with van der Waals surface area (Å²) in [7, 11) is 0. The van der Waals surface area contributed by atoms with Crippen molar-refractivity contribution in [3.05, 3.63) is 22.1 Å². The van der Waals surface area contributed by atoms with E-state index in [1.165, 1.54) is 24.1 Å². The maximum atomic E-state index is 4.82. The maximum Gasteiger partial charge on any atom is 0.226 e. The van der Waals surface area contributed by atoms with E-state index >= 15 is 0 Å². The number of aryl methyl sites for hydroxylation is 1. The van der Waals surface area contributed by atoms with Crippen LogP contribution in [0.5, 0.6) is 0 Å². The normalized spacial score (nSPS) is 21.3. The van der Waals surface area contributed by atoms with Gasteiger partial charge in [0, 0.05) is 29.2 Å². The second-order valence-electron chi connectivity index (χ2n) is 5.36. The summed E-state index contributed by atoms with van der Waals surface area (Å²) in [6.45, 7) is 3.32. The summed E-state index contributed by atoms with van der Waals surface area (Å²) < 4.78 is 0. The third-order valence-corrected chi connectivity index (χ3v) is 4.76. The van der Waals surface area contributed by atoms with E-state index in [1.807, 2.05) is 5.51 Å². The van der Waals surface area contributed by atoms with Crippen LogP contribution in [0.3, 0.4) is 0 Å². The van der Waals surface area contributed by atoms with Crippen LogP contribution < -0.4 is 4.90 Å². The lowest BCUT2D eigenvalue weighted by Crippen LogP contribution is -2.46. The zero-order chi connectivity index (χ0) is 12.8. The number of rotatable bonds is 2. The molecule has 2 aromatic rings. The molecule has 4 nitrogen and oxygen atoms in total. The van der Waals surface area contributed by atoms with Crippen molar-refractivity contribution in [1.29, 1.82) is 0 Å². The van der Waals surface area contributed by atoms with Gasteiger partial charge >= 0.3 is 0 Å². The molecule has 0 unspecified atom stereocenters. The summed E-state index contributed by atoms with van der Waals surface area (Å²) in [5.74, 6) is 0.905. The first-order valence-corrected chi connectivity index (χ1v) is 7.82. The molecular formula is C14H16N4S. The Morgan fingerprint density at radius 2 is 2.26 bits per heavy atom. The smallest absolute Gasteiger partial charge is 0.226 e. The highest BCUT2D eigenvalue weighted by molar-refractivity contribution is 7.07. The number of hydrogen-bond acceptors (Lipinski definition) is 5. The predicted octanol–water partition coefficient (Wildman–Crippen LogP) is 2.69. The molecule has 0 radical (unpaired) electrons. The standard InChI is InChI=1S/C14H16N4S/c1-9-5-6-18(9)14-16-11-4-2-3-10(11)13(17-14)12-7-19-8-15-12/h7-9H,2-6H2,1H3/t9-/m0/s1. The van der Waals surface area contributed by atoms with Gasteiger partial charge in [0.05, 0.1) is 16.9 Å². The molecule has 1 fully saturated rings. The number of nitrogens with zero attached hydrogens (tertiary/aromatic N) is 4. The van der Waals surface area contributed by atoms with Crippen LogP contribution in [0, 0.1) is 0 Å². The third kappa shape index (κ3) is 1.75. The molecule has 0 saturated carbocycles. The molecule has 1 atom stereocenters. The lowest BCUT2D eigenvalue weighted by atomic mass is 10.1. The molecule has 0 aromatic carbocycles. The van der Waals surface area contributed by atoms with Gasteiger partial charge in [-0.25, -0.2) is 15.0 Å². The predicted molar refractivity (Wildman–Crippen MR) is 76.6 cm³/mol. The summed E-state index contributed by atoms with van der Waals surface area (Å²) in [6.07, 6.45) is 4.62. The van der Waals surface area contributed by atoms with E-state index in [0.29, 0.717) is 6.04 Å². The molecule has 2 aromatic heterocycles. The minimum Gasteiger partial charge on any atom is -0.338 e. The molecule has 1 saturated heterocycles. The molecule has 0 spiro atoms. The van der Waals surface area contributed by atoms with Gasteiger partial charge in [-0.1, -0.05) is 0 Å². The van der Waals surface area contributed by atoms with Crippen molar-refractivity contribution < 1.29 is 0 Å². The summed E-state index contributed by atoms with van der Waals surface area (Å²) in [6, 6.07) is 0.572. The number of hydrogen-bond donors (Lipinski definition) is 0. The van der Waals surface area contributed by atoms with Gasteiger partial charge in [-0.3, -0.25) is 0 Å². The molecular weight excluding hydrogens is 256 g/mol. The van der Waals surface area contributed by atoms with Crippen molar-refractivity contribution >= 4 is 17.3 Å². The molecule has 0 amide bonds. The van der Waals surface area contributed by atoms with E-state index < -0.39 is 0 Å². The Morgan fingerprint density at radius 1 is 1.32 bits per heavy atom. The van der Waals surface area contributed by atoms with E-state index in [0.717, 1.165) is 36.7 Å². The first-order chi connectivity index (χ1) is 9.33. The summed E-state index contributed by atoms with van der Waals surface area (Å²) in [5, 5.41) is 2.09. The van der Waals surface area contributed by atoms with Crippen molar-refractivity contribution in [2.45, 2.75) is 38.6 Å². The largest absolute Gasteiger partial charge is 0.338 e. The van der Waals surface area contributed by atoms with Gasteiger partial charge in [0.25, 0.3) is 0 Å². The Labute approximate surface area is 116 Å². The van der Waals surface area contributed by atoms with Gasteiger partial charge in [-0.15, -0.1) is 11.3 Å². The fraction of sp³-hybridized carbons (Fsp3) is 0.500. The van der Waals surface area contributed by atoms with Crippen LogP contribution in [-0.4, -0.2) is 27.5 Å². The van der Waals surface area contributed by atoms with Gasteiger partial charge in [0.15, 0.2) is 0 Å². The Morgan fingerprint density at radius 3 is 2.95 bits per heavy atom. The van der Waals surface area contributed by atoms with Crippen molar-refractivity contribution in [1.82, 2.24) is 15.0 Å². The van der Waals surface area contributed by atoms with Gasteiger partial charge in [-0.2, -0.15) is 0 Å². The number of anilines is 1. The SMILES string of the molecule is C[C@H]1CCN1c1nc2c(c(-c3cscn3)n1)CCC2. The molecule has 2 aliphatic rings. The van der Waals surface area contributed by atoms with Crippen LogP contribution in [0.2, 0.25) is 0 Å². The van der Waals surface area contributed by atoms with Crippen LogP contribution in [0.1, 0.15) is 31.0 Å². The van der Waals surface area contributed by atoms with Crippen molar-refractivity contribution in [3.8, 4) is 11.4 Å². The molecule has 5 heteroatoms. The van der Waals surface area contributed by atoms with Crippen molar-refractivity contribution in [2.75, 3.05) is 11.4 Å². The highest BCUT2D eigenvalue weighted by Crippen LogP contribution is 2.33. The molecule has 3 heterocycles. The molecule has 98 valence electrons. The number of thiazole rings is 1. The molecule has 0 N–H and O–H groups in total. The fourth-order valence-corrected chi connectivity index (χ4v) is 3.44. The van der Waals surface area contributed by atoms with Crippen molar-refractivity contribution in [2.24, 2.45) is 0 Å². The summed E-state index contributed by atoms with van der Waals surface area (Å²) in [4.78, 5) is 16.3. The second-order valence-corrected chi connectivity index (χ2v) is 6.07. The van der Waals surface area contributed by atoms with Gasteiger partial charge < -0.3 is 4.90 Å². The van der Waals surface area contributed by atoms with Crippen LogP contribution in [0.15, 0.2) is 10.9 Å². The lowest BCUT2D eigenvalue weighted by Gasteiger charge is -2.39. The zero-order valence-electron chi connectivity index (χ0n) is 11.0. The molecule has 4 rings (SSSR count). The van der Waals surface area contributed by atoms with E-state index in [9.17, 15) is 0 Å². The summed E-state index contributed by atoms with van der Waals surface area (Å²) in [5.41, 5.74) is 6.53. The third-order valence-electron chi connectivity index (χ3n) is 4.17. The van der Waals surface area contributed by atoms with Crippen LogP contribution in [0.4, 0.5) is 5.95 Å². The number of aromatic nitrogens is 3. The van der Waals surface area contributed by atoms with E-state index in [1.54, 1.807) is 11.3 Å². The molecule has 1 aliphatic heterocycles. The van der Waals surface area contributed by atoms with Gasteiger partial charge in [0.2, 0.25) is 5.95 Å². The Balaban J connectivity index is 1.85.